The minimum atomic E-state index is -0.324. The molecule has 1 heterocycles. The molecule has 0 aliphatic rings. The highest BCUT2D eigenvalue weighted by Gasteiger charge is 2.05. The third-order valence-corrected chi connectivity index (χ3v) is 3.41. The monoisotopic (exact) mass is 321 g/mol. The zero-order valence-corrected chi connectivity index (χ0v) is 13.1. The Bertz CT molecular complexity index is 880. The van der Waals surface area contributed by atoms with Crippen LogP contribution in [0.15, 0.2) is 67.0 Å². The van der Waals surface area contributed by atoms with Crippen LogP contribution in [-0.4, -0.2) is 10.9 Å². The van der Waals surface area contributed by atoms with Crippen LogP contribution in [0, 0.1) is 5.82 Å². The van der Waals surface area contributed by atoms with Crippen LogP contribution in [0.5, 0.6) is 0 Å². The van der Waals surface area contributed by atoms with Crippen LogP contribution in [0.2, 0.25) is 0 Å². The van der Waals surface area contributed by atoms with Crippen LogP contribution in [0.25, 0.3) is 11.1 Å². The van der Waals surface area contributed by atoms with Crippen molar-refractivity contribution in [1.29, 1.82) is 0 Å². The summed E-state index contributed by atoms with van der Waals surface area (Å²) in [6.45, 7) is 1.47. The van der Waals surface area contributed by atoms with Gasteiger partial charge in [0.1, 0.15) is 5.82 Å². The highest BCUT2D eigenvalue weighted by atomic mass is 19.1. The minimum absolute atomic E-state index is 0.125. The van der Waals surface area contributed by atoms with Gasteiger partial charge < -0.3 is 10.6 Å². The molecule has 120 valence electrons. The summed E-state index contributed by atoms with van der Waals surface area (Å²) >= 11 is 0. The summed E-state index contributed by atoms with van der Waals surface area (Å²) in [6, 6.07) is 15.8. The highest BCUT2D eigenvalue weighted by molar-refractivity contribution is 5.89. The van der Waals surface area contributed by atoms with Crippen LogP contribution in [0.3, 0.4) is 0 Å². The first-order valence-electron chi connectivity index (χ1n) is 7.46. The van der Waals surface area contributed by atoms with Crippen molar-refractivity contribution in [3.8, 4) is 11.1 Å². The number of anilines is 3. The molecule has 24 heavy (non-hydrogen) atoms. The Morgan fingerprint density at radius 2 is 1.75 bits per heavy atom. The molecule has 5 heteroatoms. The molecule has 3 rings (SSSR count). The lowest BCUT2D eigenvalue weighted by Crippen LogP contribution is -2.05. The second-order valence-electron chi connectivity index (χ2n) is 5.33. The fourth-order valence-electron chi connectivity index (χ4n) is 2.36. The third kappa shape index (κ3) is 3.76. The summed E-state index contributed by atoms with van der Waals surface area (Å²) in [6.07, 6.45) is 3.35. The summed E-state index contributed by atoms with van der Waals surface area (Å²) in [5, 5.41) is 5.77. The van der Waals surface area contributed by atoms with Crippen LogP contribution in [0.4, 0.5) is 21.5 Å². The maximum Gasteiger partial charge on any atom is 0.221 e. The number of hydrogen-bond donors (Lipinski definition) is 2. The number of halogens is 1. The number of aromatic nitrogens is 1. The average molecular weight is 321 g/mol. The second-order valence-corrected chi connectivity index (χ2v) is 5.33. The molecular formula is C19H16FN3O. The number of nitrogens with one attached hydrogen (secondary N) is 2. The van der Waals surface area contributed by atoms with E-state index in [4.69, 9.17) is 0 Å². The molecule has 0 saturated heterocycles. The van der Waals surface area contributed by atoms with E-state index in [1.54, 1.807) is 30.6 Å². The predicted octanol–water partition coefficient (Wildman–Crippen LogP) is 4.59. The lowest BCUT2D eigenvalue weighted by molar-refractivity contribution is -0.114. The molecule has 3 aromatic rings. The van der Waals surface area contributed by atoms with Crippen molar-refractivity contribution in [3.63, 3.8) is 0 Å². The van der Waals surface area contributed by atoms with E-state index in [0.717, 1.165) is 11.1 Å². The molecule has 0 spiro atoms. The number of nitrogens with zero attached hydrogens (tertiary/aromatic N) is 1. The molecular weight excluding hydrogens is 305 g/mol. The summed E-state index contributed by atoms with van der Waals surface area (Å²) in [4.78, 5) is 15.4. The fraction of sp³-hybridized carbons (Fsp3) is 0.0526. The number of carbonyl (C=O) groups is 1. The zero-order valence-electron chi connectivity index (χ0n) is 13.1. The van der Waals surface area contributed by atoms with Gasteiger partial charge in [-0.2, -0.15) is 0 Å². The normalized spacial score (nSPS) is 10.2. The van der Waals surface area contributed by atoms with Crippen molar-refractivity contribution in [2.45, 2.75) is 6.92 Å². The number of carbonyl (C=O) groups excluding carboxylic acids is 1. The maximum atomic E-state index is 13.8. The molecule has 0 aliphatic carbocycles. The molecule has 0 radical (unpaired) electrons. The SMILES string of the molecule is CC(=O)Nc1cccc(-c2cncc(Nc3ccccc3F)c2)c1. The molecule has 0 bridgehead atoms. The number of hydrogen-bond acceptors (Lipinski definition) is 3. The maximum absolute atomic E-state index is 13.8. The van der Waals surface area contributed by atoms with Crippen LogP contribution in [-0.2, 0) is 4.79 Å². The van der Waals surface area contributed by atoms with E-state index in [0.29, 0.717) is 17.1 Å². The first-order valence-corrected chi connectivity index (χ1v) is 7.46. The van der Waals surface area contributed by atoms with E-state index >= 15 is 0 Å². The van der Waals surface area contributed by atoms with Gasteiger partial charge >= 0.3 is 0 Å². The lowest BCUT2D eigenvalue weighted by Gasteiger charge is -2.10. The van der Waals surface area contributed by atoms with Crippen molar-refractivity contribution < 1.29 is 9.18 Å². The van der Waals surface area contributed by atoms with Crippen LogP contribution < -0.4 is 10.6 Å². The first kappa shape index (κ1) is 15.7. The van der Waals surface area contributed by atoms with Gasteiger partial charge in [0.05, 0.1) is 17.6 Å². The van der Waals surface area contributed by atoms with Crippen molar-refractivity contribution in [2.24, 2.45) is 0 Å². The molecule has 0 unspecified atom stereocenters. The van der Waals surface area contributed by atoms with Gasteiger partial charge in [0.15, 0.2) is 0 Å². The summed E-state index contributed by atoms with van der Waals surface area (Å²) < 4.78 is 13.8. The number of amides is 1. The molecule has 0 fully saturated rings. The van der Waals surface area contributed by atoms with Gasteiger partial charge in [-0.1, -0.05) is 24.3 Å². The van der Waals surface area contributed by atoms with Gasteiger partial charge in [-0.3, -0.25) is 9.78 Å². The number of benzene rings is 2. The Labute approximate surface area is 139 Å². The van der Waals surface area contributed by atoms with E-state index in [-0.39, 0.29) is 11.7 Å². The Hall–Kier alpha value is -3.21. The Kier molecular flexibility index (Phi) is 4.52. The lowest BCUT2D eigenvalue weighted by atomic mass is 10.1. The zero-order chi connectivity index (χ0) is 16.9. The molecule has 0 aliphatic heterocycles. The largest absolute Gasteiger partial charge is 0.352 e. The Morgan fingerprint density at radius 3 is 2.54 bits per heavy atom. The smallest absolute Gasteiger partial charge is 0.221 e. The molecule has 2 N–H and O–H groups in total. The fourth-order valence-corrected chi connectivity index (χ4v) is 2.36. The van der Waals surface area contributed by atoms with E-state index in [1.165, 1.54) is 13.0 Å². The van der Waals surface area contributed by atoms with Gasteiger partial charge in [0, 0.05) is 24.4 Å². The van der Waals surface area contributed by atoms with Gasteiger partial charge in [0.2, 0.25) is 5.91 Å². The van der Waals surface area contributed by atoms with Crippen LogP contribution in [0.1, 0.15) is 6.92 Å². The quantitative estimate of drug-likeness (QED) is 0.739. The van der Waals surface area contributed by atoms with Gasteiger partial charge in [0.25, 0.3) is 0 Å². The molecule has 0 saturated carbocycles. The van der Waals surface area contributed by atoms with Crippen LogP contribution >= 0.6 is 0 Å². The first-order chi connectivity index (χ1) is 11.6. The van der Waals surface area contributed by atoms with Gasteiger partial charge in [-0.15, -0.1) is 0 Å². The summed E-state index contributed by atoms with van der Waals surface area (Å²) in [5.41, 5.74) is 3.56. The number of para-hydroxylation sites is 1. The number of rotatable bonds is 4. The van der Waals surface area contributed by atoms with E-state index in [2.05, 4.69) is 15.6 Å². The van der Waals surface area contributed by atoms with Crippen molar-refractivity contribution in [3.05, 3.63) is 72.8 Å². The van der Waals surface area contributed by atoms with Crippen molar-refractivity contribution in [2.75, 3.05) is 10.6 Å². The molecule has 4 nitrogen and oxygen atoms in total. The molecule has 0 atom stereocenters. The Morgan fingerprint density at radius 1 is 0.958 bits per heavy atom. The van der Waals surface area contributed by atoms with E-state index in [9.17, 15) is 9.18 Å². The number of pyridine rings is 1. The minimum Gasteiger partial charge on any atom is -0.352 e. The van der Waals surface area contributed by atoms with Gasteiger partial charge in [-0.25, -0.2) is 4.39 Å². The summed E-state index contributed by atoms with van der Waals surface area (Å²) in [7, 11) is 0. The predicted molar refractivity (Wildman–Crippen MR) is 93.7 cm³/mol. The average Bonchev–Trinajstić information content (AvgIpc) is 2.57. The van der Waals surface area contributed by atoms with E-state index < -0.39 is 0 Å². The van der Waals surface area contributed by atoms with Crippen molar-refractivity contribution in [1.82, 2.24) is 4.98 Å². The Balaban J connectivity index is 1.88. The topological polar surface area (TPSA) is 54.0 Å². The third-order valence-electron chi connectivity index (χ3n) is 3.41. The standard InChI is InChI=1S/C19H16FN3O/c1-13(24)22-16-6-4-5-14(9-16)15-10-17(12-21-11-15)23-19-8-3-2-7-18(19)20/h2-12,23H,1H3,(H,22,24). The van der Waals surface area contributed by atoms with E-state index in [1.807, 2.05) is 30.3 Å². The molecule has 1 aromatic heterocycles. The van der Waals surface area contributed by atoms with Gasteiger partial charge in [-0.05, 0) is 35.9 Å². The molecule has 1 amide bonds. The van der Waals surface area contributed by atoms with Crippen molar-refractivity contribution >= 4 is 23.0 Å². The molecule has 2 aromatic carbocycles. The second kappa shape index (κ2) is 6.91. The summed E-state index contributed by atoms with van der Waals surface area (Å²) in [5.74, 6) is -0.448. The highest BCUT2D eigenvalue weighted by Crippen LogP contribution is 2.26.